The van der Waals surface area contributed by atoms with E-state index in [-0.39, 0.29) is 12.5 Å². The van der Waals surface area contributed by atoms with E-state index in [4.69, 9.17) is 16.6 Å². The molecule has 0 aliphatic rings. The molecule has 0 aromatic heterocycles. The van der Waals surface area contributed by atoms with Crippen LogP contribution in [0.4, 0.5) is 0 Å². The van der Waals surface area contributed by atoms with Gasteiger partial charge in [0.2, 0.25) is 0 Å². The predicted molar refractivity (Wildman–Crippen MR) is 67.8 cm³/mol. The van der Waals surface area contributed by atoms with E-state index in [2.05, 4.69) is 6.07 Å². The van der Waals surface area contributed by atoms with Crippen LogP contribution in [0.25, 0.3) is 0 Å². The van der Waals surface area contributed by atoms with Crippen molar-refractivity contribution in [3.05, 3.63) is 34.4 Å². The van der Waals surface area contributed by atoms with Crippen LogP contribution in [0.1, 0.15) is 34.7 Å². The zero-order valence-corrected chi connectivity index (χ0v) is 10.5. The van der Waals surface area contributed by atoms with Crippen LogP contribution in [0.5, 0.6) is 0 Å². The minimum atomic E-state index is -1.01. The fraction of sp³-hybridized carbons (Fsp3) is 0.462. The fourth-order valence-corrected chi connectivity index (χ4v) is 1.88. The van der Waals surface area contributed by atoms with Crippen LogP contribution in [0.15, 0.2) is 12.1 Å². The quantitative estimate of drug-likeness (QED) is 0.737. The Morgan fingerprint density at radius 3 is 2.24 bits per heavy atom. The molecule has 0 saturated carbocycles. The monoisotopic (exact) mass is 236 g/mol. The number of hydrogen-bond acceptors (Lipinski definition) is 3. The molecule has 0 saturated heterocycles. The summed E-state index contributed by atoms with van der Waals surface area (Å²) in [6.45, 7) is 6.04. The molecule has 0 radical (unpaired) electrons. The van der Waals surface area contributed by atoms with E-state index >= 15 is 0 Å². The Labute approximate surface area is 102 Å². The number of benzene rings is 1. The van der Waals surface area contributed by atoms with Crippen LogP contribution in [0.3, 0.4) is 0 Å². The van der Waals surface area contributed by atoms with Crippen molar-refractivity contribution in [1.29, 1.82) is 0 Å². The van der Waals surface area contributed by atoms with Gasteiger partial charge < -0.3 is 16.6 Å². The minimum Gasteiger partial charge on any atom is -0.480 e. The number of aryl methyl sites for hydroxylation is 3. The third-order valence-corrected chi connectivity index (χ3v) is 3.11. The van der Waals surface area contributed by atoms with Gasteiger partial charge in [-0.25, -0.2) is 0 Å². The Morgan fingerprint density at radius 1 is 1.18 bits per heavy atom. The first kappa shape index (κ1) is 13.7. The molecule has 1 aromatic carbocycles. The highest BCUT2D eigenvalue weighted by Crippen LogP contribution is 2.23. The normalized spacial score (nSPS) is 14.4. The van der Waals surface area contributed by atoms with Crippen molar-refractivity contribution < 1.29 is 9.90 Å². The predicted octanol–water partition coefficient (Wildman–Crippen LogP) is 1.41. The second-order valence-corrected chi connectivity index (χ2v) is 4.58. The van der Waals surface area contributed by atoms with E-state index in [0.29, 0.717) is 0 Å². The SMILES string of the molecule is Cc1cc(C)c(C(N)CC(N)C(=O)O)cc1C. The molecule has 1 rings (SSSR count). The van der Waals surface area contributed by atoms with Gasteiger partial charge in [-0.1, -0.05) is 12.1 Å². The van der Waals surface area contributed by atoms with Gasteiger partial charge in [-0.2, -0.15) is 0 Å². The smallest absolute Gasteiger partial charge is 0.320 e. The number of rotatable bonds is 4. The molecule has 0 heterocycles. The zero-order chi connectivity index (χ0) is 13.2. The lowest BCUT2D eigenvalue weighted by atomic mass is 9.93. The van der Waals surface area contributed by atoms with E-state index in [1.807, 2.05) is 26.8 Å². The number of carboxylic acid groups (broad SMARTS) is 1. The summed E-state index contributed by atoms with van der Waals surface area (Å²) < 4.78 is 0. The highest BCUT2D eigenvalue weighted by molar-refractivity contribution is 5.73. The van der Waals surface area contributed by atoms with Crippen LogP contribution in [-0.4, -0.2) is 17.1 Å². The molecule has 0 aliphatic heterocycles. The highest BCUT2D eigenvalue weighted by atomic mass is 16.4. The summed E-state index contributed by atoms with van der Waals surface area (Å²) in [5.41, 5.74) is 15.9. The third-order valence-electron chi connectivity index (χ3n) is 3.11. The van der Waals surface area contributed by atoms with Crippen molar-refractivity contribution in [3.63, 3.8) is 0 Å². The molecule has 2 atom stereocenters. The molecule has 0 fully saturated rings. The van der Waals surface area contributed by atoms with Gasteiger partial charge in [0, 0.05) is 6.04 Å². The molecule has 1 aromatic rings. The Bertz CT molecular complexity index is 430. The Morgan fingerprint density at radius 2 is 1.71 bits per heavy atom. The fourth-order valence-electron chi connectivity index (χ4n) is 1.88. The number of nitrogens with two attached hydrogens (primary N) is 2. The molecule has 94 valence electrons. The van der Waals surface area contributed by atoms with Gasteiger partial charge in [0.1, 0.15) is 6.04 Å². The lowest BCUT2D eigenvalue weighted by Crippen LogP contribution is -2.34. The van der Waals surface area contributed by atoms with Crippen molar-refractivity contribution in [1.82, 2.24) is 0 Å². The lowest BCUT2D eigenvalue weighted by molar-refractivity contribution is -0.138. The first-order valence-corrected chi connectivity index (χ1v) is 5.64. The maximum atomic E-state index is 10.7. The second kappa shape index (κ2) is 5.29. The molecular formula is C13H20N2O2. The molecule has 4 heteroatoms. The summed E-state index contributed by atoms with van der Waals surface area (Å²) in [6.07, 6.45) is 0.249. The molecular weight excluding hydrogens is 216 g/mol. The Kier molecular flexibility index (Phi) is 4.26. The van der Waals surface area contributed by atoms with E-state index in [1.165, 1.54) is 5.56 Å². The van der Waals surface area contributed by atoms with Crippen molar-refractivity contribution in [3.8, 4) is 0 Å². The van der Waals surface area contributed by atoms with Gasteiger partial charge in [0.15, 0.2) is 0 Å². The summed E-state index contributed by atoms with van der Waals surface area (Å²) in [5.74, 6) is -1.01. The largest absolute Gasteiger partial charge is 0.480 e. The van der Waals surface area contributed by atoms with Gasteiger partial charge in [0.25, 0.3) is 0 Å². The van der Waals surface area contributed by atoms with Crippen LogP contribution in [0.2, 0.25) is 0 Å². The molecule has 0 aliphatic carbocycles. The first-order valence-electron chi connectivity index (χ1n) is 5.64. The first-order chi connectivity index (χ1) is 7.82. The van der Waals surface area contributed by atoms with Crippen LogP contribution in [-0.2, 0) is 4.79 Å². The summed E-state index contributed by atoms with van der Waals surface area (Å²) in [4.78, 5) is 10.7. The Balaban J connectivity index is 2.92. The van der Waals surface area contributed by atoms with Crippen molar-refractivity contribution in [2.75, 3.05) is 0 Å². The number of carboxylic acids is 1. The molecule has 0 spiro atoms. The van der Waals surface area contributed by atoms with Gasteiger partial charge in [-0.05, 0) is 49.4 Å². The summed E-state index contributed by atoms with van der Waals surface area (Å²) in [5, 5.41) is 8.77. The van der Waals surface area contributed by atoms with Crippen molar-refractivity contribution in [2.45, 2.75) is 39.3 Å². The molecule has 0 amide bonds. The van der Waals surface area contributed by atoms with Gasteiger partial charge in [-0.3, -0.25) is 4.79 Å². The highest BCUT2D eigenvalue weighted by Gasteiger charge is 2.18. The average molecular weight is 236 g/mol. The molecule has 5 N–H and O–H groups in total. The summed E-state index contributed by atoms with van der Waals surface area (Å²) in [6, 6.07) is 2.84. The standard InChI is InChI=1S/C13H20N2O2/c1-7-4-9(3)10(5-8(7)2)11(14)6-12(15)13(16)17/h4-5,11-12H,6,14-15H2,1-3H3,(H,16,17). The summed E-state index contributed by atoms with van der Waals surface area (Å²) in [7, 11) is 0. The molecule has 2 unspecified atom stereocenters. The van der Waals surface area contributed by atoms with E-state index in [1.54, 1.807) is 0 Å². The maximum Gasteiger partial charge on any atom is 0.320 e. The minimum absolute atomic E-state index is 0.249. The van der Waals surface area contributed by atoms with E-state index < -0.39 is 12.0 Å². The number of hydrogen-bond donors (Lipinski definition) is 3. The summed E-state index contributed by atoms with van der Waals surface area (Å²) >= 11 is 0. The van der Waals surface area contributed by atoms with E-state index in [9.17, 15) is 4.79 Å². The van der Waals surface area contributed by atoms with Gasteiger partial charge >= 0.3 is 5.97 Å². The van der Waals surface area contributed by atoms with E-state index in [0.717, 1.165) is 16.7 Å². The zero-order valence-electron chi connectivity index (χ0n) is 10.5. The van der Waals surface area contributed by atoms with Crippen molar-refractivity contribution in [2.24, 2.45) is 11.5 Å². The van der Waals surface area contributed by atoms with Crippen LogP contribution < -0.4 is 11.5 Å². The van der Waals surface area contributed by atoms with Gasteiger partial charge in [-0.15, -0.1) is 0 Å². The van der Waals surface area contributed by atoms with Crippen LogP contribution >= 0.6 is 0 Å². The molecule has 4 nitrogen and oxygen atoms in total. The number of aliphatic carboxylic acids is 1. The lowest BCUT2D eigenvalue weighted by Gasteiger charge is -2.18. The molecule has 0 bridgehead atoms. The van der Waals surface area contributed by atoms with Crippen molar-refractivity contribution >= 4 is 5.97 Å². The van der Waals surface area contributed by atoms with Gasteiger partial charge in [0.05, 0.1) is 0 Å². The Hall–Kier alpha value is -1.39. The second-order valence-electron chi connectivity index (χ2n) is 4.58. The third kappa shape index (κ3) is 3.28. The number of carbonyl (C=O) groups is 1. The van der Waals surface area contributed by atoms with Crippen LogP contribution in [0, 0.1) is 20.8 Å². The molecule has 17 heavy (non-hydrogen) atoms. The average Bonchev–Trinajstić information content (AvgIpc) is 2.22. The maximum absolute atomic E-state index is 10.7. The topological polar surface area (TPSA) is 89.3 Å².